The molecule has 0 aliphatic carbocycles. The quantitative estimate of drug-likeness (QED) is 0.482. The number of hydrogen-bond donors (Lipinski definition) is 0. The highest BCUT2D eigenvalue weighted by atomic mass is 32.2. The summed E-state index contributed by atoms with van der Waals surface area (Å²) in [6.07, 6.45) is 2.11. The molecule has 0 aliphatic heterocycles. The third-order valence-corrected chi connectivity index (χ3v) is 4.65. The summed E-state index contributed by atoms with van der Waals surface area (Å²) in [5.41, 5.74) is 1.00. The van der Waals surface area contributed by atoms with Crippen molar-refractivity contribution in [3.63, 3.8) is 0 Å². The molecule has 94 valence electrons. The summed E-state index contributed by atoms with van der Waals surface area (Å²) < 4.78 is 13.2. The lowest BCUT2D eigenvalue weighted by Gasteiger charge is -2.18. The molecule has 2 rings (SSSR count). The Kier molecular flexibility index (Phi) is 4.23. The third-order valence-electron chi connectivity index (χ3n) is 2.80. The molecule has 0 aliphatic rings. The van der Waals surface area contributed by atoms with E-state index in [1.807, 2.05) is 37.3 Å². The van der Waals surface area contributed by atoms with Gasteiger partial charge in [0.2, 0.25) is 0 Å². The van der Waals surface area contributed by atoms with Gasteiger partial charge in [-0.2, -0.15) is 0 Å². The SMILES string of the molecule is CCC(c1ccccc1)[S+]([O-])c1cccc[n+]1[O-]. The minimum absolute atomic E-state index is 0.145. The van der Waals surface area contributed by atoms with E-state index in [0.717, 1.165) is 12.0 Å². The molecule has 1 aromatic carbocycles. The molecule has 1 aromatic heterocycles. The van der Waals surface area contributed by atoms with E-state index in [2.05, 4.69) is 0 Å². The van der Waals surface area contributed by atoms with Crippen LogP contribution in [0.25, 0.3) is 0 Å². The van der Waals surface area contributed by atoms with Crippen molar-refractivity contribution in [1.82, 2.24) is 0 Å². The Morgan fingerprint density at radius 3 is 2.39 bits per heavy atom. The molecule has 18 heavy (non-hydrogen) atoms. The highest BCUT2D eigenvalue weighted by Crippen LogP contribution is 2.29. The maximum Gasteiger partial charge on any atom is 0.393 e. The van der Waals surface area contributed by atoms with Crippen LogP contribution < -0.4 is 4.73 Å². The molecule has 0 N–H and O–H groups in total. The Hall–Kier alpha value is -1.52. The minimum atomic E-state index is -1.33. The van der Waals surface area contributed by atoms with Crippen LogP contribution in [0.1, 0.15) is 24.2 Å². The first-order valence-electron chi connectivity index (χ1n) is 5.87. The van der Waals surface area contributed by atoms with Crippen molar-refractivity contribution in [3.8, 4) is 0 Å². The number of hydrogen-bond acceptors (Lipinski definition) is 2. The van der Waals surface area contributed by atoms with Gasteiger partial charge in [0.25, 0.3) is 0 Å². The molecule has 2 aromatic rings. The normalized spacial score (nSPS) is 14.1. The average Bonchev–Trinajstić information content (AvgIpc) is 2.41. The molecule has 0 amide bonds. The lowest BCUT2D eigenvalue weighted by atomic mass is 10.1. The molecule has 4 heteroatoms. The number of rotatable bonds is 4. The summed E-state index contributed by atoms with van der Waals surface area (Å²) in [7, 11) is 0. The van der Waals surface area contributed by atoms with Gasteiger partial charge < -0.3 is 9.76 Å². The van der Waals surface area contributed by atoms with Crippen molar-refractivity contribution >= 4 is 11.2 Å². The summed E-state index contributed by atoms with van der Waals surface area (Å²) in [6, 6.07) is 14.7. The zero-order valence-electron chi connectivity index (χ0n) is 10.2. The van der Waals surface area contributed by atoms with Crippen molar-refractivity contribution in [1.29, 1.82) is 0 Å². The van der Waals surface area contributed by atoms with Crippen LogP contribution in [0.3, 0.4) is 0 Å². The lowest BCUT2D eigenvalue weighted by molar-refractivity contribution is -0.646. The standard InChI is InChI=1S/C14H15NO2S/c1-2-13(12-8-4-3-5-9-12)18(17)14-10-6-7-11-15(14)16/h3-11,13H,2H2,1H3. The van der Waals surface area contributed by atoms with Crippen LogP contribution in [0, 0.1) is 5.21 Å². The summed E-state index contributed by atoms with van der Waals surface area (Å²) in [5, 5.41) is 11.8. The Labute approximate surface area is 110 Å². The maximum absolute atomic E-state index is 12.5. The fourth-order valence-corrected chi connectivity index (χ4v) is 3.34. The minimum Gasteiger partial charge on any atom is -0.615 e. The summed E-state index contributed by atoms with van der Waals surface area (Å²) >= 11 is -1.33. The Bertz CT molecular complexity index is 504. The van der Waals surface area contributed by atoms with Gasteiger partial charge in [-0.05, 0) is 12.5 Å². The second-order valence-corrected chi connectivity index (χ2v) is 5.55. The number of benzene rings is 1. The molecule has 2 unspecified atom stereocenters. The van der Waals surface area contributed by atoms with E-state index in [-0.39, 0.29) is 5.25 Å². The van der Waals surface area contributed by atoms with Crippen molar-refractivity contribution in [3.05, 3.63) is 65.5 Å². The topological polar surface area (TPSA) is 50.0 Å². The molecule has 0 radical (unpaired) electrons. The van der Waals surface area contributed by atoms with Crippen LogP contribution >= 0.6 is 0 Å². The highest BCUT2D eigenvalue weighted by molar-refractivity contribution is 7.91. The molecule has 0 fully saturated rings. The van der Waals surface area contributed by atoms with Crippen molar-refractivity contribution in [2.75, 3.05) is 0 Å². The fourth-order valence-electron chi connectivity index (χ4n) is 1.89. The van der Waals surface area contributed by atoms with E-state index in [4.69, 9.17) is 0 Å². The van der Waals surface area contributed by atoms with Gasteiger partial charge in [-0.15, -0.1) is 4.73 Å². The summed E-state index contributed by atoms with van der Waals surface area (Å²) in [5.74, 6) is 0. The molecule has 0 bridgehead atoms. The summed E-state index contributed by atoms with van der Waals surface area (Å²) in [6.45, 7) is 1.98. The average molecular weight is 261 g/mol. The molecule has 3 nitrogen and oxygen atoms in total. The van der Waals surface area contributed by atoms with Crippen LogP contribution in [0.2, 0.25) is 0 Å². The predicted octanol–water partition coefficient (Wildman–Crippen LogP) is 2.58. The van der Waals surface area contributed by atoms with E-state index >= 15 is 0 Å². The second kappa shape index (κ2) is 5.89. The first-order valence-corrected chi connectivity index (χ1v) is 7.09. The zero-order valence-corrected chi connectivity index (χ0v) is 11.0. The van der Waals surface area contributed by atoms with E-state index in [0.29, 0.717) is 9.76 Å². The predicted molar refractivity (Wildman–Crippen MR) is 71.3 cm³/mol. The molecule has 0 saturated carbocycles. The first kappa shape index (κ1) is 12.9. The highest BCUT2D eigenvalue weighted by Gasteiger charge is 2.30. The second-order valence-electron chi connectivity index (χ2n) is 3.97. The van der Waals surface area contributed by atoms with Gasteiger partial charge in [0.1, 0.15) is 0 Å². The maximum atomic E-state index is 12.5. The van der Waals surface area contributed by atoms with Crippen molar-refractivity contribution in [2.45, 2.75) is 23.6 Å². The summed E-state index contributed by atoms with van der Waals surface area (Å²) in [4.78, 5) is 0. The van der Waals surface area contributed by atoms with Crippen LogP contribution in [0.4, 0.5) is 0 Å². The van der Waals surface area contributed by atoms with E-state index in [1.54, 1.807) is 18.2 Å². The van der Waals surface area contributed by atoms with Crippen LogP contribution in [-0.2, 0) is 11.2 Å². The van der Waals surface area contributed by atoms with Crippen LogP contribution in [-0.4, -0.2) is 4.55 Å². The first-order chi connectivity index (χ1) is 8.74. The third kappa shape index (κ3) is 2.66. The Morgan fingerprint density at radius 2 is 1.78 bits per heavy atom. The van der Waals surface area contributed by atoms with Gasteiger partial charge in [0.05, 0.1) is 17.2 Å². The largest absolute Gasteiger partial charge is 0.615 e. The molecular formula is C14H15NO2S. The molecule has 0 saturated heterocycles. The van der Waals surface area contributed by atoms with Crippen LogP contribution in [0.5, 0.6) is 0 Å². The lowest BCUT2D eigenvalue weighted by Crippen LogP contribution is -2.34. The molecule has 2 atom stereocenters. The van der Waals surface area contributed by atoms with Gasteiger partial charge in [0.15, 0.2) is 11.4 Å². The fraction of sp³-hybridized carbons (Fsp3) is 0.214. The van der Waals surface area contributed by atoms with Gasteiger partial charge in [-0.25, -0.2) is 0 Å². The van der Waals surface area contributed by atoms with Gasteiger partial charge in [-0.1, -0.05) is 37.3 Å². The zero-order chi connectivity index (χ0) is 13.0. The van der Waals surface area contributed by atoms with E-state index < -0.39 is 11.2 Å². The molecule has 1 heterocycles. The van der Waals surface area contributed by atoms with Crippen molar-refractivity contribution in [2.24, 2.45) is 0 Å². The number of nitrogens with zero attached hydrogens (tertiary/aromatic N) is 1. The van der Waals surface area contributed by atoms with Crippen LogP contribution in [0.15, 0.2) is 59.8 Å². The Morgan fingerprint density at radius 1 is 1.11 bits per heavy atom. The van der Waals surface area contributed by atoms with Gasteiger partial charge in [-0.3, -0.25) is 0 Å². The monoisotopic (exact) mass is 261 g/mol. The number of aromatic nitrogens is 1. The van der Waals surface area contributed by atoms with E-state index in [9.17, 15) is 9.76 Å². The molecule has 0 spiro atoms. The Balaban J connectivity index is 2.32. The smallest absolute Gasteiger partial charge is 0.393 e. The van der Waals surface area contributed by atoms with Gasteiger partial charge in [0, 0.05) is 11.6 Å². The van der Waals surface area contributed by atoms with E-state index in [1.165, 1.54) is 6.20 Å². The number of pyridine rings is 1. The van der Waals surface area contributed by atoms with Crippen molar-refractivity contribution < 1.29 is 9.28 Å². The van der Waals surface area contributed by atoms with Gasteiger partial charge >= 0.3 is 5.03 Å². The molecular weight excluding hydrogens is 246 g/mol.